The molecule has 5 nitrogen and oxygen atoms in total. The fourth-order valence-corrected chi connectivity index (χ4v) is 3.44. The highest BCUT2D eigenvalue weighted by atomic mass is 19.4. The standard InChI is InChI=1S/C17H21F3N4O/c1-23(15(25)11-5-3-2-4-6-11)12-7-8-14-13(9-12)22-16(21)24(14)10-17(18,19)20/h7-9,11H,2-6,10H2,1H3,(H2,21,22). The summed E-state index contributed by atoms with van der Waals surface area (Å²) >= 11 is 0. The Bertz CT molecular complexity index is 778. The lowest BCUT2D eigenvalue weighted by Gasteiger charge is -2.26. The molecule has 0 saturated heterocycles. The van der Waals surface area contributed by atoms with E-state index in [0.717, 1.165) is 36.7 Å². The summed E-state index contributed by atoms with van der Waals surface area (Å²) in [5.74, 6) is -0.130. The maximum atomic E-state index is 12.7. The van der Waals surface area contributed by atoms with Crippen LogP contribution in [-0.2, 0) is 11.3 Å². The minimum absolute atomic E-state index is 0.0160. The fourth-order valence-electron chi connectivity index (χ4n) is 3.44. The number of fused-ring (bicyclic) bond motifs is 1. The van der Waals surface area contributed by atoms with Crippen LogP contribution >= 0.6 is 0 Å². The highest BCUT2D eigenvalue weighted by molar-refractivity contribution is 5.96. The molecule has 25 heavy (non-hydrogen) atoms. The number of carbonyl (C=O) groups is 1. The van der Waals surface area contributed by atoms with Crippen molar-refractivity contribution < 1.29 is 18.0 Å². The first-order valence-corrected chi connectivity index (χ1v) is 8.36. The Morgan fingerprint density at radius 3 is 2.64 bits per heavy atom. The first-order valence-electron chi connectivity index (χ1n) is 8.36. The number of carbonyl (C=O) groups excluding carboxylic acids is 1. The third-order valence-electron chi connectivity index (χ3n) is 4.77. The first-order chi connectivity index (χ1) is 11.8. The lowest BCUT2D eigenvalue weighted by molar-refractivity contribution is -0.139. The molecule has 0 unspecified atom stereocenters. The zero-order valence-corrected chi connectivity index (χ0v) is 14.0. The van der Waals surface area contributed by atoms with Gasteiger partial charge in [-0.25, -0.2) is 4.98 Å². The van der Waals surface area contributed by atoms with Crippen LogP contribution in [0.1, 0.15) is 32.1 Å². The lowest BCUT2D eigenvalue weighted by Crippen LogP contribution is -2.33. The number of hydrogen-bond donors (Lipinski definition) is 1. The van der Waals surface area contributed by atoms with E-state index in [1.165, 1.54) is 6.07 Å². The number of amides is 1. The van der Waals surface area contributed by atoms with Gasteiger partial charge in [-0.3, -0.25) is 4.79 Å². The minimum atomic E-state index is -4.38. The summed E-state index contributed by atoms with van der Waals surface area (Å²) in [6.07, 6.45) is 0.671. The number of imidazole rings is 1. The number of nitrogens with zero attached hydrogens (tertiary/aromatic N) is 3. The van der Waals surface area contributed by atoms with E-state index in [1.54, 1.807) is 24.1 Å². The first kappa shape index (κ1) is 17.6. The SMILES string of the molecule is CN(C(=O)C1CCCCC1)c1ccc2c(c1)nc(N)n2CC(F)(F)F. The van der Waals surface area contributed by atoms with Crippen LogP contribution in [0.4, 0.5) is 24.8 Å². The molecule has 1 aliphatic carbocycles. The highest BCUT2D eigenvalue weighted by Crippen LogP contribution is 2.30. The van der Waals surface area contributed by atoms with Crippen LogP contribution in [0.5, 0.6) is 0 Å². The van der Waals surface area contributed by atoms with Gasteiger partial charge in [-0.2, -0.15) is 13.2 Å². The molecular weight excluding hydrogens is 333 g/mol. The van der Waals surface area contributed by atoms with Crippen LogP contribution in [0, 0.1) is 5.92 Å². The largest absolute Gasteiger partial charge is 0.406 e. The van der Waals surface area contributed by atoms with Gasteiger partial charge in [-0.15, -0.1) is 0 Å². The molecule has 0 radical (unpaired) electrons. The van der Waals surface area contributed by atoms with Gasteiger partial charge in [-0.05, 0) is 31.0 Å². The van der Waals surface area contributed by atoms with Crippen molar-refractivity contribution in [1.82, 2.24) is 9.55 Å². The van der Waals surface area contributed by atoms with Crippen molar-refractivity contribution in [3.63, 3.8) is 0 Å². The van der Waals surface area contributed by atoms with Crippen molar-refractivity contribution in [3.8, 4) is 0 Å². The lowest BCUT2D eigenvalue weighted by atomic mass is 9.88. The Labute approximate surface area is 143 Å². The number of aromatic nitrogens is 2. The van der Waals surface area contributed by atoms with Crippen molar-refractivity contribution in [3.05, 3.63) is 18.2 Å². The van der Waals surface area contributed by atoms with Crippen LogP contribution in [0.15, 0.2) is 18.2 Å². The molecule has 136 valence electrons. The Morgan fingerprint density at radius 2 is 2.00 bits per heavy atom. The molecule has 1 fully saturated rings. The molecule has 0 spiro atoms. The molecule has 1 aromatic heterocycles. The number of benzene rings is 1. The van der Waals surface area contributed by atoms with Crippen LogP contribution in [0.25, 0.3) is 11.0 Å². The minimum Gasteiger partial charge on any atom is -0.369 e. The molecule has 8 heteroatoms. The molecule has 1 aliphatic rings. The van der Waals surface area contributed by atoms with Gasteiger partial charge >= 0.3 is 6.18 Å². The number of halogens is 3. The van der Waals surface area contributed by atoms with E-state index in [-0.39, 0.29) is 17.8 Å². The second kappa shape index (κ2) is 6.57. The summed E-state index contributed by atoms with van der Waals surface area (Å²) in [5, 5.41) is 0. The number of alkyl halides is 3. The van der Waals surface area contributed by atoms with E-state index in [4.69, 9.17) is 5.73 Å². The molecule has 1 aromatic carbocycles. The number of rotatable bonds is 3. The number of hydrogen-bond acceptors (Lipinski definition) is 3. The van der Waals surface area contributed by atoms with Gasteiger partial charge in [0, 0.05) is 18.7 Å². The van der Waals surface area contributed by atoms with Gasteiger partial charge in [0.2, 0.25) is 11.9 Å². The predicted molar refractivity (Wildman–Crippen MR) is 90.2 cm³/mol. The van der Waals surface area contributed by atoms with E-state index in [0.29, 0.717) is 16.7 Å². The van der Waals surface area contributed by atoms with E-state index in [1.807, 2.05) is 0 Å². The number of anilines is 2. The third-order valence-corrected chi connectivity index (χ3v) is 4.77. The smallest absolute Gasteiger partial charge is 0.369 e. The highest BCUT2D eigenvalue weighted by Gasteiger charge is 2.30. The topological polar surface area (TPSA) is 64.2 Å². The molecular formula is C17H21F3N4O. The predicted octanol–water partition coefficient (Wildman–Crippen LogP) is 3.72. The van der Waals surface area contributed by atoms with E-state index >= 15 is 0 Å². The molecule has 0 bridgehead atoms. The quantitative estimate of drug-likeness (QED) is 0.914. The second-order valence-corrected chi connectivity index (χ2v) is 6.58. The van der Waals surface area contributed by atoms with E-state index in [9.17, 15) is 18.0 Å². The van der Waals surface area contributed by atoms with E-state index < -0.39 is 12.7 Å². The Balaban J connectivity index is 1.87. The Hall–Kier alpha value is -2.25. The van der Waals surface area contributed by atoms with Crippen LogP contribution in [0.2, 0.25) is 0 Å². The molecule has 0 atom stereocenters. The summed E-state index contributed by atoms with van der Waals surface area (Å²) in [4.78, 5) is 18.2. The van der Waals surface area contributed by atoms with Crippen LogP contribution < -0.4 is 10.6 Å². The molecule has 3 rings (SSSR count). The maximum Gasteiger partial charge on any atom is 0.406 e. The van der Waals surface area contributed by atoms with Gasteiger partial charge in [0.15, 0.2) is 0 Å². The van der Waals surface area contributed by atoms with Crippen molar-refractivity contribution in [1.29, 1.82) is 0 Å². The molecule has 1 amide bonds. The number of nitrogen functional groups attached to an aromatic ring is 1. The fraction of sp³-hybridized carbons (Fsp3) is 0.529. The van der Waals surface area contributed by atoms with Gasteiger partial charge < -0.3 is 15.2 Å². The van der Waals surface area contributed by atoms with Crippen LogP contribution in [0.3, 0.4) is 0 Å². The third kappa shape index (κ3) is 3.72. The van der Waals surface area contributed by atoms with Gasteiger partial charge in [-0.1, -0.05) is 19.3 Å². The Morgan fingerprint density at radius 1 is 1.32 bits per heavy atom. The monoisotopic (exact) mass is 354 g/mol. The van der Waals surface area contributed by atoms with Crippen molar-refractivity contribution in [2.45, 2.75) is 44.8 Å². The number of nitrogens with two attached hydrogens (primary N) is 1. The maximum absolute atomic E-state index is 12.7. The summed E-state index contributed by atoms with van der Waals surface area (Å²) in [5.41, 5.74) is 6.90. The van der Waals surface area contributed by atoms with Crippen molar-refractivity contribution in [2.24, 2.45) is 5.92 Å². The normalized spacial score (nSPS) is 16.3. The van der Waals surface area contributed by atoms with Gasteiger partial charge in [0.1, 0.15) is 6.54 Å². The van der Waals surface area contributed by atoms with Crippen LogP contribution in [-0.4, -0.2) is 28.7 Å². The molecule has 1 heterocycles. The van der Waals surface area contributed by atoms with Crippen molar-refractivity contribution >= 4 is 28.6 Å². The summed E-state index contributed by atoms with van der Waals surface area (Å²) in [7, 11) is 1.69. The molecule has 2 aromatic rings. The average molecular weight is 354 g/mol. The zero-order chi connectivity index (χ0) is 18.2. The summed E-state index contributed by atoms with van der Waals surface area (Å²) < 4.78 is 39.0. The Kier molecular flexibility index (Phi) is 4.62. The molecule has 2 N–H and O–H groups in total. The zero-order valence-electron chi connectivity index (χ0n) is 14.0. The van der Waals surface area contributed by atoms with E-state index in [2.05, 4.69) is 4.98 Å². The molecule has 0 aliphatic heterocycles. The molecule has 1 saturated carbocycles. The van der Waals surface area contributed by atoms with Gasteiger partial charge in [0.05, 0.1) is 11.0 Å². The second-order valence-electron chi connectivity index (χ2n) is 6.58. The van der Waals surface area contributed by atoms with Gasteiger partial charge in [0.25, 0.3) is 0 Å². The average Bonchev–Trinajstić information content (AvgIpc) is 2.87. The van der Waals surface area contributed by atoms with Crippen molar-refractivity contribution in [2.75, 3.05) is 17.7 Å². The summed E-state index contributed by atoms with van der Waals surface area (Å²) in [6.45, 7) is -1.19. The summed E-state index contributed by atoms with van der Waals surface area (Å²) in [6, 6.07) is 4.78.